The van der Waals surface area contributed by atoms with Gasteiger partial charge < -0.3 is 0 Å². The first kappa shape index (κ1) is 10.5. The topological polar surface area (TPSA) is 58.7 Å². The van der Waals surface area contributed by atoms with Crippen molar-refractivity contribution in [3.63, 3.8) is 0 Å². The van der Waals surface area contributed by atoms with Crippen LogP contribution in [0.15, 0.2) is 12.3 Å². The van der Waals surface area contributed by atoms with E-state index in [4.69, 9.17) is 5.26 Å². The molecule has 0 aromatic carbocycles. The molecule has 1 atom stereocenters. The smallest absolute Gasteiger partial charge is 0.200 e. The number of rotatable bonds is 3. The largest absolute Gasteiger partial charge is 0.291 e. The highest BCUT2D eigenvalue weighted by Gasteiger charge is 2.24. The zero-order valence-corrected chi connectivity index (χ0v) is 8.56. The van der Waals surface area contributed by atoms with E-state index in [0.29, 0.717) is 5.69 Å². The van der Waals surface area contributed by atoms with E-state index in [1.807, 2.05) is 19.9 Å². The molecule has 0 N–H and O–H groups in total. The summed E-state index contributed by atoms with van der Waals surface area (Å²) < 4.78 is 1.56. The van der Waals surface area contributed by atoms with Crippen molar-refractivity contribution in [1.29, 1.82) is 5.26 Å². The number of aromatic nitrogens is 2. The van der Waals surface area contributed by atoms with E-state index in [-0.39, 0.29) is 11.7 Å². The molecule has 14 heavy (non-hydrogen) atoms. The van der Waals surface area contributed by atoms with Crippen LogP contribution in [-0.4, -0.2) is 15.6 Å². The van der Waals surface area contributed by atoms with Crippen LogP contribution in [0.1, 0.15) is 24.3 Å². The van der Waals surface area contributed by atoms with Crippen molar-refractivity contribution in [1.82, 2.24) is 9.78 Å². The summed E-state index contributed by atoms with van der Waals surface area (Å²) in [4.78, 5) is 11.7. The van der Waals surface area contributed by atoms with Gasteiger partial charge in [-0.2, -0.15) is 10.4 Å². The highest BCUT2D eigenvalue weighted by atomic mass is 16.1. The Morgan fingerprint density at radius 3 is 2.64 bits per heavy atom. The maximum atomic E-state index is 11.7. The molecule has 1 aromatic heterocycles. The molecule has 4 nitrogen and oxygen atoms in total. The summed E-state index contributed by atoms with van der Waals surface area (Å²) in [5.41, 5.74) is 0.368. The first-order valence-corrected chi connectivity index (χ1v) is 4.49. The van der Waals surface area contributed by atoms with Gasteiger partial charge in [0.25, 0.3) is 0 Å². The fourth-order valence-corrected chi connectivity index (χ4v) is 1.22. The Hall–Kier alpha value is -1.63. The molecular weight excluding hydrogens is 178 g/mol. The Balaban J connectivity index is 2.90. The molecule has 0 radical (unpaired) electrons. The predicted molar refractivity (Wildman–Crippen MR) is 51.5 cm³/mol. The predicted octanol–water partition coefficient (Wildman–Crippen LogP) is 1.40. The number of carbonyl (C=O) groups is 1. The first-order valence-electron chi connectivity index (χ1n) is 4.49. The lowest BCUT2D eigenvalue weighted by Crippen LogP contribution is -2.19. The Morgan fingerprint density at radius 1 is 1.64 bits per heavy atom. The lowest BCUT2D eigenvalue weighted by atomic mass is 9.91. The molecule has 0 amide bonds. The van der Waals surface area contributed by atoms with Gasteiger partial charge in [0, 0.05) is 13.2 Å². The van der Waals surface area contributed by atoms with Crippen molar-refractivity contribution in [2.24, 2.45) is 18.9 Å². The van der Waals surface area contributed by atoms with Crippen LogP contribution in [0.2, 0.25) is 0 Å². The number of nitriles is 1. The van der Waals surface area contributed by atoms with Crippen molar-refractivity contribution in [2.45, 2.75) is 13.8 Å². The van der Waals surface area contributed by atoms with Gasteiger partial charge in [0.2, 0.25) is 0 Å². The summed E-state index contributed by atoms with van der Waals surface area (Å²) in [7, 11) is 1.74. The molecule has 0 aliphatic carbocycles. The molecule has 0 bridgehead atoms. The zero-order valence-electron chi connectivity index (χ0n) is 8.56. The van der Waals surface area contributed by atoms with Crippen LogP contribution in [0.25, 0.3) is 0 Å². The molecule has 1 aromatic rings. The molecular formula is C10H13N3O. The molecule has 1 rings (SSSR count). The second-order valence-electron chi connectivity index (χ2n) is 3.59. The standard InChI is InChI=1S/C10H13N3O/c1-7(2)8(6-11)10(14)9-4-5-13(3)12-9/h4-5,7-8H,1-3H3. The van der Waals surface area contributed by atoms with Crippen LogP contribution in [0, 0.1) is 23.2 Å². The molecule has 4 heteroatoms. The Kier molecular flexibility index (Phi) is 3.03. The van der Waals surface area contributed by atoms with Crippen LogP contribution in [0.3, 0.4) is 0 Å². The van der Waals surface area contributed by atoms with E-state index >= 15 is 0 Å². The minimum Gasteiger partial charge on any atom is -0.291 e. The van der Waals surface area contributed by atoms with E-state index in [0.717, 1.165) is 0 Å². The van der Waals surface area contributed by atoms with Crippen molar-refractivity contribution in [3.05, 3.63) is 18.0 Å². The highest BCUT2D eigenvalue weighted by molar-refractivity contribution is 5.97. The van der Waals surface area contributed by atoms with Crippen molar-refractivity contribution in [2.75, 3.05) is 0 Å². The lowest BCUT2D eigenvalue weighted by molar-refractivity contribution is 0.0918. The van der Waals surface area contributed by atoms with Gasteiger partial charge >= 0.3 is 0 Å². The third kappa shape index (κ3) is 1.99. The van der Waals surface area contributed by atoms with Gasteiger partial charge in [0.05, 0.1) is 6.07 Å². The van der Waals surface area contributed by atoms with Gasteiger partial charge in [0.1, 0.15) is 11.6 Å². The van der Waals surface area contributed by atoms with Crippen LogP contribution in [0.5, 0.6) is 0 Å². The van der Waals surface area contributed by atoms with Crippen molar-refractivity contribution in [3.8, 4) is 6.07 Å². The first-order chi connectivity index (χ1) is 6.56. The van der Waals surface area contributed by atoms with E-state index in [2.05, 4.69) is 5.10 Å². The molecule has 0 saturated heterocycles. The van der Waals surface area contributed by atoms with Crippen LogP contribution >= 0.6 is 0 Å². The van der Waals surface area contributed by atoms with Crippen molar-refractivity contribution < 1.29 is 4.79 Å². The number of ketones is 1. The molecule has 0 aliphatic rings. The zero-order chi connectivity index (χ0) is 10.7. The molecule has 1 unspecified atom stereocenters. The fraction of sp³-hybridized carbons (Fsp3) is 0.500. The minimum absolute atomic E-state index is 0.0227. The maximum absolute atomic E-state index is 11.7. The summed E-state index contributed by atoms with van der Waals surface area (Å²) in [6, 6.07) is 3.64. The Morgan fingerprint density at radius 2 is 2.29 bits per heavy atom. The SMILES string of the molecule is CC(C)C(C#N)C(=O)c1ccn(C)n1. The van der Waals surface area contributed by atoms with E-state index in [1.165, 1.54) is 0 Å². The molecule has 0 fully saturated rings. The summed E-state index contributed by atoms with van der Waals surface area (Å²) in [6.45, 7) is 3.71. The van der Waals surface area contributed by atoms with Crippen LogP contribution in [0.4, 0.5) is 0 Å². The number of carbonyl (C=O) groups excluding carboxylic acids is 1. The number of hydrogen-bond acceptors (Lipinski definition) is 3. The Labute approximate surface area is 83.1 Å². The summed E-state index contributed by atoms with van der Waals surface area (Å²) in [5, 5.41) is 12.8. The number of nitrogens with zero attached hydrogens (tertiary/aromatic N) is 3. The van der Waals surface area contributed by atoms with Crippen LogP contribution in [-0.2, 0) is 7.05 Å². The summed E-state index contributed by atoms with van der Waals surface area (Å²) in [6.07, 6.45) is 1.70. The quantitative estimate of drug-likeness (QED) is 0.678. The van der Waals surface area contributed by atoms with E-state index in [1.54, 1.807) is 24.0 Å². The molecule has 0 saturated carbocycles. The average Bonchev–Trinajstić information content (AvgIpc) is 2.52. The number of aryl methyl sites for hydroxylation is 1. The van der Waals surface area contributed by atoms with E-state index in [9.17, 15) is 4.79 Å². The van der Waals surface area contributed by atoms with Gasteiger partial charge in [-0.3, -0.25) is 9.48 Å². The lowest BCUT2D eigenvalue weighted by Gasteiger charge is -2.09. The van der Waals surface area contributed by atoms with Crippen molar-refractivity contribution >= 4 is 5.78 Å². The van der Waals surface area contributed by atoms with E-state index < -0.39 is 5.92 Å². The second-order valence-corrected chi connectivity index (χ2v) is 3.59. The molecule has 1 heterocycles. The number of Topliss-reactive ketones (excluding diaryl/α,β-unsaturated/α-hetero) is 1. The van der Waals surface area contributed by atoms with Gasteiger partial charge in [-0.1, -0.05) is 13.8 Å². The highest BCUT2D eigenvalue weighted by Crippen LogP contribution is 2.15. The molecule has 0 aliphatic heterocycles. The molecule has 0 spiro atoms. The fourth-order valence-electron chi connectivity index (χ4n) is 1.22. The summed E-state index contributed by atoms with van der Waals surface area (Å²) >= 11 is 0. The second kappa shape index (κ2) is 4.05. The van der Waals surface area contributed by atoms with Gasteiger partial charge in [-0.25, -0.2) is 0 Å². The number of hydrogen-bond donors (Lipinski definition) is 0. The Bertz CT molecular complexity index is 373. The van der Waals surface area contributed by atoms with Gasteiger partial charge in [-0.15, -0.1) is 0 Å². The molecule has 74 valence electrons. The summed E-state index contributed by atoms with van der Waals surface area (Å²) in [5.74, 6) is -0.762. The third-order valence-electron chi connectivity index (χ3n) is 2.05. The normalized spacial score (nSPS) is 12.5. The van der Waals surface area contributed by atoms with Crippen LogP contribution < -0.4 is 0 Å². The minimum atomic E-state index is -0.593. The third-order valence-corrected chi connectivity index (χ3v) is 2.05. The average molecular weight is 191 g/mol. The maximum Gasteiger partial charge on any atom is 0.200 e. The van der Waals surface area contributed by atoms with Gasteiger partial charge in [-0.05, 0) is 12.0 Å². The monoisotopic (exact) mass is 191 g/mol. The van der Waals surface area contributed by atoms with Gasteiger partial charge in [0.15, 0.2) is 5.78 Å².